The van der Waals surface area contributed by atoms with Gasteiger partial charge in [-0.1, -0.05) is 0 Å². The number of hydrogen-bond donors (Lipinski definition) is 2. The minimum atomic E-state index is -0.860. The molecule has 6 nitrogen and oxygen atoms in total. The van der Waals surface area contributed by atoms with Gasteiger partial charge in [0, 0.05) is 24.2 Å². The van der Waals surface area contributed by atoms with Gasteiger partial charge in [-0.15, -0.1) is 11.3 Å². The first kappa shape index (κ1) is 14.1. The number of aliphatic carboxylic acids is 1. The van der Waals surface area contributed by atoms with Crippen molar-refractivity contribution in [3.05, 3.63) is 41.2 Å². The van der Waals surface area contributed by atoms with E-state index in [0.717, 1.165) is 5.56 Å². The fraction of sp³-hybridized carbons (Fsp3) is 0.231. The highest BCUT2D eigenvalue weighted by Gasteiger charge is 2.08. The molecule has 0 spiro atoms. The Morgan fingerprint density at radius 2 is 2.05 bits per heavy atom. The number of pyridine rings is 1. The van der Waals surface area contributed by atoms with Gasteiger partial charge in [0.25, 0.3) is 0 Å². The Balaban J connectivity index is 1.87. The topological polar surface area (TPSA) is 92.2 Å². The molecule has 0 aliphatic rings. The number of anilines is 1. The van der Waals surface area contributed by atoms with E-state index >= 15 is 0 Å². The van der Waals surface area contributed by atoms with Crippen LogP contribution in [-0.2, 0) is 22.4 Å². The summed E-state index contributed by atoms with van der Waals surface area (Å²) in [5.74, 6) is -1.02. The van der Waals surface area contributed by atoms with Gasteiger partial charge in [0.2, 0.25) is 5.91 Å². The van der Waals surface area contributed by atoms with Gasteiger partial charge in [0.05, 0.1) is 18.5 Å². The lowest BCUT2D eigenvalue weighted by Crippen LogP contribution is -2.14. The standard InChI is InChI=1S/C13H13N3O3S/c17-11(7-9-3-5-14-6-4-9)16-13-15-10(8-20-13)1-2-12(18)19/h3-6,8H,1-2,7H2,(H,18,19)(H,15,16,17). The third kappa shape index (κ3) is 4.43. The fourth-order valence-corrected chi connectivity index (χ4v) is 2.32. The zero-order valence-electron chi connectivity index (χ0n) is 10.6. The number of hydrogen-bond acceptors (Lipinski definition) is 5. The highest BCUT2D eigenvalue weighted by molar-refractivity contribution is 7.13. The lowest BCUT2D eigenvalue weighted by atomic mass is 10.2. The van der Waals surface area contributed by atoms with Gasteiger partial charge < -0.3 is 10.4 Å². The second kappa shape index (κ2) is 6.76. The zero-order chi connectivity index (χ0) is 14.4. The molecular weight excluding hydrogens is 278 g/mol. The van der Waals surface area contributed by atoms with E-state index in [9.17, 15) is 9.59 Å². The summed E-state index contributed by atoms with van der Waals surface area (Å²) in [6, 6.07) is 3.55. The van der Waals surface area contributed by atoms with Crippen molar-refractivity contribution in [2.45, 2.75) is 19.3 Å². The lowest BCUT2D eigenvalue weighted by molar-refractivity contribution is -0.137. The molecule has 1 amide bonds. The van der Waals surface area contributed by atoms with Crippen molar-refractivity contribution >= 4 is 28.3 Å². The molecule has 7 heteroatoms. The maximum atomic E-state index is 11.8. The van der Waals surface area contributed by atoms with Crippen molar-refractivity contribution in [2.24, 2.45) is 0 Å². The van der Waals surface area contributed by atoms with Crippen LogP contribution in [0.25, 0.3) is 0 Å². The van der Waals surface area contributed by atoms with E-state index in [1.165, 1.54) is 11.3 Å². The Labute approximate surface area is 119 Å². The number of carboxylic acid groups (broad SMARTS) is 1. The third-order valence-corrected chi connectivity index (χ3v) is 3.31. The molecule has 2 aromatic rings. The summed E-state index contributed by atoms with van der Waals surface area (Å²) in [5, 5.41) is 13.5. The van der Waals surface area contributed by atoms with Gasteiger partial charge in [-0.25, -0.2) is 4.98 Å². The van der Waals surface area contributed by atoms with Crippen molar-refractivity contribution in [1.29, 1.82) is 0 Å². The number of nitrogens with one attached hydrogen (secondary N) is 1. The van der Waals surface area contributed by atoms with E-state index in [2.05, 4.69) is 15.3 Å². The van der Waals surface area contributed by atoms with Crippen LogP contribution >= 0.6 is 11.3 Å². The monoisotopic (exact) mass is 291 g/mol. The number of carboxylic acids is 1. The summed E-state index contributed by atoms with van der Waals surface area (Å²) >= 11 is 1.29. The molecule has 0 atom stereocenters. The number of amides is 1. The lowest BCUT2D eigenvalue weighted by Gasteiger charge is -2.01. The van der Waals surface area contributed by atoms with Crippen LogP contribution in [0.3, 0.4) is 0 Å². The molecule has 2 rings (SSSR count). The van der Waals surface area contributed by atoms with Gasteiger partial charge in [-0.05, 0) is 17.7 Å². The molecule has 0 aromatic carbocycles. The predicted octanol–water partition coefficient (Wildman–Crippen LogP) is 1.74. The molecule has 0 fully saturated rings. The van der Waals surface area contributed by atoms with E-state index in [-0.39, 0.29) is 18.7 Å². The molecule has 0 saturated carbocycles. The van der Waals surface area contributed by atoms with Crippen LogP contribution in [0.4, 0.5) is 5.13 Å². The Bertz CT molecular complexity index is 598. The number of carbonyl (C=O) groups excluding carboxylic acids is 1. The van der Waals surface area contributed by atoms with Gasteiger partial charge in [-0.3, -0.25) is 14.6 Å². The second-order valence-electron chi connectivity index (χ2n) is 4.12. The molecule has 0 aliphatic carbocycles. The van der Waals surface area contributed by atoms with Gasteiger partial charge in [0.15, 0.2) is 5.13 Å². The van der Waals surface area contributed by atoms with E-state index in [1.54, 1.807) is 29.9 Å². The summed E-state index contributed by atoms with van der Waals surface area (Å²) in [5.41, 5.74) is 1.55. The van der Waals surface area contributed by atoms with Crippen molar-refractivity contribution in [2.75, 3.05) is 5.32 Å². The largest absolute Gasteiger partial charge is 0.481 e. The van der Waals surface area contributed by atoms with Gasteiger partial charge >= 0.3 is 5.97 Å². The maximum Gasteiger partial charge on any atom is 0.303 e. The zero-order valence-corrected chi connectivity index (χ0v) is 11.4. The first-order chi connectivity index (χ1) is 9.63. The highest BCUT2D eigenvalue weighted by Crippen LogP contribution is 2.16. The summed E-state index contributed by atoms with van der Waals surface area (Å²) in [6.07, 6.45) is 3.93. The quantitative estimate of drug-likeness (QED) is 0.845. The number of carbonyl (C=O) groups is 2. The van der Waals surface area contributed by atoms with Crippen molar-refractivity contribution in [3.63, 3.8) is 0 Å². The van der Waals surface area contributed by atoms with Gasteiger partial charge in [-0.2, -0.15) is 0 Å². The molecular formula is C13H13N3O3S. The van der Waals surface area contributed by atoms with E-state index in [1.807, 2.05) is 0 Å². The molecule has 2 N–H and O–H groups in total. The van der Waals surface area contributed by atoms with Crippen LogP contribution in [0.15, 0.2) is 29.9 Å². The number of thiazole rings is 1. The Morgan fingerprint density at radius 3 is 2.75 bits per heavy atom. The Kier molecular flexibility index (Phi) is 4.78. The van der Waals surface area contributed by atoms with Crippen LogP contribution in [-0.4, -0.2) is 27.0 Å². The smallest absolute Gasteiger partial charge is 0.303 e. The average Bonchev–Trinajstić information content (AvgIpc) is 2.85. The number of aromatic nitrogens is 2. The SMILES string of the molecule is O=C(O)CCc1csc(NC(=O)Cc2ccncc2)n1. The Hall–Kier alpha value is -2.28. The summed E-state index contributed by atoms with van der Waals surface area (Å²) < 4.78 is 0. The van der Waals surface area contributed by atoms with Crippen molar-refractivity contribution in [1.82, 2.24) is 9.97 Å². The number of rotatable bonds is 6. The Morgan fingerprint density at radius 1 is 1.30 bits per heavy atom. The minimum Gasteiger partial charge on any atom is -0.481 e. The average molecular weight is 291 g/mol. The third-order valence-electron chi connectivity index (χ3n) is 2.51. The first-order valence-electron chi connectivity index (χ1n) is 5.98. The molecule has 104 valence electrons. The van der Waals surface area contributed by atoms with E-state index < -0.39 is 5.97 Å². The van der Waals surface area contributed by atoms with Crippen LogP contribution in [0.1, 0.15) is 17.7 Å². The van der Waals surface area contributed by atoms with Crippen LogP contribution in [0.2, 0.25) is 0 Å². The molecule has 20 heavy (non-hydrogen) atoms. The normalized spacial score (nSPS) is 10.2. The first-order valence-corrected chi connectivity index (χ1v) is 6.86. The van der Waals surface area contributed by atoms with Crippen molar-refractivity contribution < 1.29 is 14.7 Å². The molecule has 0 saturated heterocycles. The fourth-order valence-electron chi connectivity index (χ4n) is 1.56. The van der Waals surface area contributed by atoms with Gasteiger partial charge in [0.1, 0.15) is 0 Å². The predicted molar refractivity (Wildman–Crippen MR) is 74.6 cm³/mol. The molecule has 2 heterocycles. The van der Waals surface area contributed by atoms with E-state index in [4.69, 9.17) is 5.11 Å². The summed E-state index contributed by atoms with van der Waals surface area (Å²) in [7, 11) is 0. The summed E-state index contributed by atoms with van der Waals surface area (Å²) in [6.45, 7) is 0. The summed E-state index contributed by atoms with van der Waals surface area (Å²) in [4.78, 5) is 30.3. The molecule has 0 unspecified atom stereocenters. The minimum absolute atomic E-state index is 0.0358. The molecule has 2 aromatic heterocycles. The molecule has 0 radical (unpaired) electrons. The van der Waals surface area contributed by atoms with Crippen molar-refractivity contribution in [3.8, 4) is 0 Å². The number of nitrogens with zero attached hydrogens (tertiary/aromatic N) is 2. The maximum absolute atomic E-state index is 11.8. The molecule has 0 bridgehead atoms. The van der Waals surface area contributed by atoms with Crippen LogP contribution in [0.5, 0.6) is 0 Å². The second-order valence-corrected chi connectivity index (χ2v) is 4.98. The van der Waals surface area contributed by atoms with Crippen LogP contribution < -0.4 is 5.32 Å². The number of aryl methyl sites for hydroxylation is 1. The highest BCUT2D eigenvalue weighted by atomic mass is 32.1. The van der Waals surface area contributed by atoms with E-state index in [0.29, 0.717) is 17.2 Å². The molecule has 0 aliphatic heterocycles. The van der Waals surface area contributed by atoms with Crippen LogP contribution in [0, 0.1) is 0 Å².